The van der Waals surface area contributed by atoms with Crippen LogP contribution in [0.1, 0.15) is 69.4 Å². The molecule has 0 N–H and O–H groups in total. The van der Waals surface area contributed by atoms with Gasteiger partial charge < -0.3 is 0 Å². The van der Waals surface area contributed by atoms with Crippen molar-refractivity contribution < 1.29 is 4.39 Å². The molecule has 0 aromatic heterocycles. The van der Waals surface area contributed by atoms with Crippen molar-refractivity contribution in [1.29, 1.82) is 0 Å². The van der Waals surface area contributed by atoms with Crippen molar-refractivity contribution in [2.75, 3.05) is 0 Å². The van der Waals surface area contributed by atoms with Gasteiger partial charge in [0.05, 0.1) is 0 Å². The van der Waals surface area contributed by atoms with E-state index in [2.05, 4.69) is 55.5 Å². The second kappa shape index (κ2) is 9.60. The maximum absolute atomic E-state index is 14.9. The molecule has 1 aliphatic rings. The first-order valence-electron chi connectivity index (χ1n) is 11.6. The van der Waals surface area contributed by atoms with Crippen LogP contribution in [0.15, 0.2) is 66.7 Å². The molecule has 30 heavy (non-hydrogen) atoms. The zero-order valence-electron chi connectivity index (χ0n) is 18.3. The highest BCUT2D eigenvalue weighted by Gasteiger charge is 2.21. The van der Waals surface area contributed by atoms with Crippen molar-refractivity contribution in [2.45, 2.75) is 64.7 Å². The summed E-state index contributed by atoms with van der Waals surface area (Å²) in [5.74, 6) is 1.58. The third-order valence-electron chi connectivity index (χ3n) is 6.99. The lowest BCUT2D eigenvalue weighted by molar-refractivity contribution is 0.319. The topological polar surface area (TPSA) is 0 Å². The molecule has 0 heterocycles. The van der Waals surface area contributed by atoms with Gasteiger partial charge in [-0.1, -0.05) is 74.0 Å². The summed E-state index contributed by atoms with van der Waals surface area (Å²) in [5.41, 5.74) is 4.65. The summed E-state index contributed by atoms with van der Waals surface area (Å²) in [6, 6.07) is 19.2. The van der Waals surface area contributed by atoms with Crippen LogP contribution in [0.5, 0.6) is 0 Å². The molecule has 0 amide bonds. The van der Waals surface area contributed by atoms with Gasteiger partial charge in [-0.05, 0) is 91.0 Å². The van der Waals surface area contributed by atoms with E-state index in [4.69, 9.17) is 0 Å². The molecule has 3 aromatic carbocycles. The molecule has 0 nitrogen and oxygen atoms in total. The first-order valence-corrected chi connectivity index (χ1v) is 11.6. The molecule has 3 aromatic rings. The summed E-state index contributed by atoms with van der Waals surface area (Å²) in [7, 11) is 0. The molecule has 0 bridgehead atoms. The van der Waals surface area contributed by atoms with Crippen LogP contribution in [0.25, 0.3) is 21.9 Å². The third kappa shape index (κ3) is 4.51. The van der Waals surface area contributed by atoms with Crippen LogP contribution in [0.3, 0.4) is 0 Å². The number of benzene rings is 3. The number of fused-ring (bicyclic) bond motifs is 1. The number of allylic oxidation sites excluding steroid dienone is 2. The van der Waals surface area contributed by atoms with E-state index in [9.17, 15) is 4.39 Å². The average molecular weight is 401 g/mol. The van der Waals surface area contributed by atoms with Gasteiger partial charge in [-0.3, -0.25) is 0 Å². The maximum atomic E-state index is 14.9. The van der Waals surface area contributed by atoms with Crippen molar-refractivity contribution in [2.24, 2.45) is 5.92 Å². The summed E-state index contributed by atoms with van der Waals surface area (Å²) in [6.45, 7) is 4.32. The molecule has 0 unspecified atom stereocenters. The predicted molar refractivity (Wildman–Crippen MR) is 127 cm³/mol. The van der Waals surface area contributed by atoms with Crippen LogP contribution in [-0.2, 0) is 6.42 Å². The first kappa shape index (κ1) is 20.8. The number of rotatable bonds is 6. The van der Waals surface area contributed by atoms with Crippen molar-refractivity contribution in [3.63, 3.8) is 0 Å². The van der Waals surface area contributed by atoms with Crippen LogP contribution in [0, 0.1) is 11.7 Å². The molecule has 1 heteroatoms. The number of halogens is 1. The third-order valence-corrected chi connectivity index (χ3v) is 6.99. The van der Waals surface area contributed by atoms with Crippen molar-refractivity contribution in [1.82, 2.24) is 0 Å². The Morgan fingerprint density at radius 3 is 2.33 bits per heavy atom. The summed E-state index contributed by atoms with van der Waals surface area (Å²) in [6.07, 6.45) is 12.4. The van der Waals surface area contributed by atoms with E-state index >= 15 is 0 Å². The molecule has 0 atom stereocenters. The maximum Gasteiger partial charge on any atom is 0.134 e. The van der Waals surface area contributed by atoms with E-state index in [-0.39, 0.29) is 5.82 Å². The molecule has 0 radical (unpaired) electrons. The second-order valence-corrected chi connectivity index (χ2v) is 8.83. The lowest BCUT2D eigenvalue weighted by Gasteiger charge is -2.28. The standard InChI is InChI=1S/C29H33F/c1-3-5-6-7-25-16-17-27-20-26(18-19-28(27)29(25)30)24-14-12-23(13-15-24)22-10-8-21(4-2)9-11-22/h3,5,12-22H,4,6-11H2,1-2H3/b5-3+. The van der Waals surface area contributed by atoms with Crippen LogP contribution in [0.2, 0.25) is 0 Å². The van der Waals surface area contributed by atoms with E-state index in [0.29, 0.717) is 5.92 Å². The van der Waals surface area contributed by atoms with Gasteiger partial charge >= 0.3 is 0 Å². The summed E-state index contributed by atoms with van der Waals surface area (Å²) in [4.78, 5) is 0. The number of hydrogen-bond donors (Lipinski definition) is 0. The van der Waals surface area contributed by atoms with Crippen LogP contribution >= 0.6 is 0 Å². The van der Waals surface area contributed by atoms with Crippen LogP contribution in [0.4, 0.5) is 4.39 Å². The first-order chi connectivity index (χ1) is 14.7. The van der Waals surface area contributed by atoms with Gasteiger partial charge in [-0.25, -0.2) is 4.39 Å². The van der Waals surface area contributed by atoms with E-state index in [1.165, 1.54) is 43.2 Å². The molecule has 0 saturated heterocycles. The fraction of sp³-hybridized carbons (Fsp3) is 0.379. The Bertz CT molecular complexity index is 1000. The van der Waals surface area contributed by atoms with E-state index < -0.39 is 0 Å². The Morgan fingerprint density at radius 2 is 1.63 bits per heavy atom. The predicted octanol–water partition coefficient (Wildman–Crippen LogP) is 8.84. The van der Waals surface area contributed by atoms with Gasteiger partial charge in [0.1, 0.15) is 5.82 Å². The Labute approximate surface area is 180 Å². The summed E-state index contributed by atoms with van der Waals surface area (Å²) < 4.78 is 14.9. The summed E-state index contributed by atoms with van der Waals surface area (Å²) >= 11 is 0. The lowest BCUT2D eigenvalue weighted by Crippen LogP contribution is -2.12. The highest BCUT2D eigenvalue weighted by atomic mass is 19.1. The Hall–Kier alpha value is -2.41. The molecule has 0 spiro atoms. The van der Waals surface area contributed by atoms with Crippen LogP contribution < -0.4 is 0 Å². The van der Waals surface area contributed by atoms with E-state index in [1.54, 1.807) is 0 Å². The Kier molecular flexibility index (Phi) is 6.67. The molecule has 1 fully saturated rings. The molecule has 1 aliphatic carbocycles. The molecule has 4 rings (SSSR count). The fourth-order valence-electron chi connectivity index (χ4n) is 4.97. The van der Waals surface area contributed by atoms with Crippen molar-refractivity contribution in [3.05, 3.63) is 83.7 Å². The Balaban J connectivity index is 1.52. The minimum atomic E-state index is -0.0680. The summed E-state index contributed by atoms with van der Waals surface area (Å²) in [5, 5.41) is 1.70. The average Bonchev–Trinajstić information content (AvgIpc) is 2.81. The van der Waals surface area contributed by atoms with Crippen molar-refractivity contribution >= 4 is 10.8 Å². The normalized spacial score (nSPS) is 19.6. The zero-order valence-corrected chi connectivity index (χ0v) is 18.3. The highest BCUT2D eigenvalue weighted by Crippen LogP contribution is 2.37. The molecule has 0 aliphatic heterocycles. The minimum Gasteiger partial charge on any atom is -0.206 e. The van der Waals surface area contributed by atoms with E-state index in [0.717, 1.165) is 40.7 Å². The van der Waals surface area contributed by atoms with Gasteiger partial charge in [0.2, 0.25) is 0 Å². The zero-order chi connectivity index (χ0) is 20.9. The minimum absolute atomic E-state index is 0.0680. The van der Waals surface area contributed by atoms with Gasteiger partial charge in [-0.15, -0.1) is 0 Å². The molecule has 156 valence electrons. The van der Waals surface area contributed by atoms with Gasteiger partial charge in [0.25, 0.3) is 0 Å². The van der Waals surface area contributed by atoms with Gasteiger partial charge in [-0.2, -0.15) is 0 Å². The van der Waals surface area contributed by atoms with Crippen LogP contribution in [-0.4, -0.2) is 0 Å². The SMILES string of the molecule is C/C=C/CCc1ccc2cc(-c3ccc(C4CCC(CC)CC4)cc3)ccc2c1F. The molecular formula is C29H33F. The monoisotopic (exact) mass is 400 g/mol. The number of hydrogen-bond acceptors (Lipinski definition) is 0. The lowest BCUT2D eigenvalue weighted by atomic mass is 9.77. The van der Waals surface area contributed by atoms with Gasteiger partial charge in [0.15, 0.2) is 0 Å². The van der Waals surface area contributed by atoms with Crippen molar-refractivity contribution in [3.8, 4) is 11.1 Å². The highest BCUT2D eigenvalue weighted by molar-refractivity contribution is 5.88. The fourth-order valence-corrected chi connectivity index (χ4v) is 4.97. The van der Waals surface area contributed by atoms with E-state index in [1.807, 2.05) is 25.1 Å². The smallest absolute Gasteiger partial charge is 0.134 e. The molecular weight excluding hydrogens is 367 g/mol. The molecule has 1 saturated carbocycles. The quantitative estimate of drug-likeness (QED) is 0.362. The Morgan fingerprint density at radius 1 is 0.900 bits per heavy atom. The second-order valence-electron chi connectivity index (χ2n) is 8.83. The van der Waals surface area contributed by atoms with Gasteiger partial charge in [0, 0.05) is 5.39 Å². The number of aryl methyl sites for hydroxylation is 1. The largest absolute Gasteiger partial charge is 0.206 e.